The number of carbonyl (C=O) groups is 1. The molecule has 7 nitrogen and oxygen atoms in total. The van der Waals surface area contributed by atoms with E-state index in [1.807, 2.05) is 50.2 Å². The van der Waals surface area contributed by atoms with E-state index in [4.69, 9.17) is 4.42 Å². The van der Waals surface area contributed by atoms with Crippen molar-refractivity contribution < 1.29 is 9.21 Å². The third-order valence-electron chi connectivity index (χ3n) is 4.37. The van der Waals surface area contributed by atoms with E-state index in [2.05, 4.69) is 20.5 Å². The van der Waals surface area contributed by atoms with E-state index in [-0.39, 0.29) is 12.1 Å². The standard InChI is InChI=1S/C20H23N5O2/c1-13-9-10-21-18(11-13)12-14(2)25(4)20(26)22-17-7-5-16(6-8-17)19-24-23-15(3)27-19/h5-11,14H,12H2,1-4H3,(H,22,26)/t14-/m1/s1. The highest BCUT2D eigenvalue weighted by Gasteiger charge is 2.17. The van der Waals surface area contributed by atoms with Gasteiger partial charge in [0.05, 0.1) is 0 Å². The summed E-state index contributed by atoms with van der Waals surface area (Å²) in [7, 11) is 1.78. The van der Waals surface area contributed by atoms with Gasteiger partial charge in [-0.25, -0.2) is 4.79 Å². The van der Waals surface area contributed by atoms with Gasteiger partial charge >= 0.3 is 6.03 Å². The second-order valence-corrected chi connectivity index (χ2v) is 6.62. The van der Waals surface area contributed by atoms with Gasteiger partial charge in [-0.05, 0) is 55.8 Å². The molecule has 27 heavy (non-hydrogen) atoms. The van der Waals surface area contributed by atoms with Gasteiger partial charge in [-0.2, -0.15) is 0 Å². The first-order valence-electron chi connectivity index (χ1n) is 8.78. The number of hydrogen-bond donors (Lipinski definition) is 1. The van der Waals surface area contributed by atoms with E-state index in [1.165, 1.54) is 0 Å². The number of hydrogen-bond acceptors (Lipinski definition) is 5. The van der Waals surface area contributed by atoms with E-state index < -0.39 is 0 Å². The summed E-state index contributed by atoms with van der Waals surface area (Å²) in [6.45, 7) is 5.78. The summed E-state index contributed by atoms with van der Waals surface area (Å²) in [5, 5.41) is 10.7. The Hall–Kier alpha value is -3.22. The fourth-order valence-corrected chi connectivity index (χ4v) is 2.67. The van der Waals surface area contributed by atoms with Crippen LogP contribution in [-0.4, -0.2) is 39.2 Å². The minimum atomic E-state index is -0.170. The third kappa shape index (κ3) is 4.69. The average molecular weight is 365 g/mol. The van der Waals surface area contributed by atoms with Crippen LogP contribution in [0.4, 0.5) is 10.5 Å². The van der Waals surface area contributed by atoms with Crippen LogP contribution in [0, 0.1) is 13.8 Å². The predicted octanol–water partition coefficient (Wildman–Crippen LogP) is 3.84. The number of likely N-dealkylation sites (N-methyl/N-ethyl adjacent to an activating group) is 1. The lowest BCUT2D eigenvalue weighted by atomic mass is 10.1. The zero-order valence-corrected chi connectivity index (χ0v) is 15.9. The fourth-order valence-electron chi connectivity index (χ4n) is 2.67. The highest BCUT2D eigenvalue weighted by atomic mass is 16.4. The van der Waals surface area contributed by atoms with Crippen LogP contribution in [0.1, 0.15) is 24.1 Å². The first-order chi connectivity index (χ1) is 12.9. The molecule has 3 rings (SSSR count). The number of pyridine rings is 1. The smallest absolute Gasteiger partial charge is 0.321 e. The number of amides is 2. The van der Waals surface area contributed by atoms with Gasteiger partial charge in [-0.3, -0.25) is 4.98 Å². The van der Waals surface area contributed by atoms with Gasteiger partial charge in [0.1, 0.15) is 0 Å². The zero-order chi connectivity index (χ0) is 19.4. The lowest BCUT2D eigenvalue weighted by Gasteiger charge is -2.25. The summed E-state index contributed by atoms with van der Waals surface area (Å²) < 4.78 is 5.40. The lowest BCUT2D eigenvalue weighted by molar-refractivity contribution is 0.207. The first kappa shape index (κ1) is 18.6. The number of nitrogens with zero attached hydrogens (tertiary/aromatic N) is 4. The van der Waals surface area contributed by atoms with Gasteiger partial charge in [0, 0.05) is 49.6 Å². The van der Waals surface area contributed by atoms with Crippen LogP contribution in [0.2, 0.25) is 0 Å². The zero-order valence-electron chi connectivity index (χ0n) is 15.9. The Morgan fingerprint density at radius 3 is 2.56 bits per heavy atom. The number of aromatic nitrogens is 3. The molecule has 1 aromatic carbocycles. The molecule has 0 spiro atoms. The van der Waals surface area contributed by atoms with Crippen LogP contribution >= 0.6 is 0 Å². The van der Waals surface area contributed by atoms with Crippen LogP contribution in [0.5, 0.6) is 0 Å². The molecule has 3 aromatic rings. The molecule has 0 bridgehead atoms. The summed E-state index contributed by atoms with van der Waals surface area (Å²) >= 11 is 0. The molecule has 0 fully saturated rings. The SMILES string of the molecule is Cc1ccnc(C[C@@H](C)N(C)C(=O)Nc2ccc(-c3nnc(C)o3)cc2)c1. The third-order valence-corrected chi connectivity index (χ3v) is 4.37. The number of nitrogens with one attached hydrogen (secondary N) is 1. The Morgan fingerprint density at radius 2 is 1.93 bits per heavy atom. The van der Waals surface area contributed by atoms with Crippen molar-refractivity contribution in [3.05, 3.63) is 59.7 Å². The highest BCUT2D eigenvalue weighted by molar-refractivity contribution is 5.89. The van der Waals surface area contributed by atoms with Crippen LogP contribution in [0.15, 0.2) is 47.0 Å². The van der Waals surface area contributed by atoms with Crippen molar-refractivity contribution in [1.29, 1.82) is 0 Å². The molecular formula is C20H23N5O2. The Bertz CT molecular complexity index is 920. The minimum Gasteiger partial charge on any atom is -0.421 e. The van der Waals surface area contributed by atoms with Gasteiger partial charge in [0.2, 0.25) is 11.8 Å². The Kier molecular flexibility index (Phi) is 5.49. The summed E-state index contributed by atoms with van der Waals surface area (Å²) in [5.74, 6) is 0.975. The molecule has 2 amide bonds. The summed E-state index contributed by atoms with van der Waals surface area (Å²) in [5.41, 5.74) is 3.64. The van der Waals surface area contributed by atoms with Crippen LogP contribution in [0.25, 0.3) is 11.5 Å². The topological polar surface area (TPSA) is 84.2 Å². The van der Waals surface area contributed by atoms with E-state index in [1.54, 1.807) is 25.1 Å². The molecule has 0 unspecified atom stereocenters. The van der Waals surface area contributed by atoms with Crippen molar-refractivity contribution in [3.63, 3.8) is 0 Å². The molecule has 1 N–H and O–H groups in total. The van der Waals surface area contributed by atoms with Crippen molar-refractivity contribution in [3.8, 4) is 11.5 Å². The molecule has 2 heterocycles. The summed E-state index contributed by atoms with van der Waals surface area (Å²) in [4.78, 5) is 18.6. The van der Waals surface area contributed by atoms with Gasteiger partial charge in [-0.15, -0.1) is 10.2 Å². The number of anilines is 1. The normalized spacial score (nSPS) is 11.9. The van der Waals surface area contributed by atoms with E-state index in [9.17, 15) is 4.79 Å². The predicted molar refractivity (Wildman–Crippen MR) is 103 cm³/mol. The van der Waals surface area contributed by atoms with Gasteiger partial charge in [-0.1, -0.05) is 0 Å². The van der Waals surface area contributed by atoms with Crippen molar-refractivity contribution in [2.45, 2.75) is 33.2 Å². The Labute approximate surface area is 158 Å². The first-order valence-corrected chi connectivity index (χ1v) is 8.78. The van der Waals surface area contributed by atoms with Gasteiger partial charge in [0.25, 0.3) is 0 Å². The second-order valence-electron chi connectivity index (χ2n) is 6.62. The van der Waals surface area contributed by atoms with E-state index in [0.717, 1.165) is 16.8 Å². The monoisotopic (exact) mass is 365 g/mol. The van der Waals surface area contributed by atoms with Crippen molar-refractivity contribution >= 4 is 11.7 Å². The Morgan fingerprint density at radius 1 is 1.19 bits per heavy atom. The lowest BCUT2D eigenvalue weighted by Crippen LogP contribution is -2.39. The Balaban J connectivity index is 1.60. The quantitative estimate of drug-likeness (QED) is 0.742. The van der Waals surface area contributed by atoms with Crippen molar-refractivity contribution in [1.82, 2.24) is 20.1 Å². The second kappa shape index (κ2) is 7.99. The number of benzene rings is 1. The maximum absolute atomic E-state index is 12.5. The van der Waals surface area contributed by atoms with E-state index in [0.29, 0.717) is 23.9 Å². The molecule has 0 aliphatic rings. The molecule has 7 heteroatoms. The molecule has 2 aromatic heterocycles. The van der Waals surface area contributed by atoms with Crippen LogP contribution in [0.3, 0.4) is 0 Å². The van der Waals surface area contributed by atoms with Crippen molar-refractivity contribution in [2.24, 2.45) is 0 Å². The average Bonchev–Trinajstić information content (AvgIpc) is 3.08. The number of rotatable bonds is 5. The highest BCUT2D eigenvalue weighted by Crippen LogP contribution is 2.20. The largest absolute Gasteiger partial charge is 0.421 e. The number of urea groups is 1. The fraction of sp³-hybridized carbons (Fsp3) is 0.300. The summed E-state index contributed by atoms with van der Waals surface area (Å²) in [6.07, 6.45) is 2.49. The molecule has 0 aliphatic carbocycles. The molecular weight excluding hydrogens is 342 g/mol. The number of aryl methyl sites for hydroxylation is 2. The van der Waals surface area contributed by atoms with Crippen LogP contribution < -0.4 is 5.32 Å². The van der Waals surface area contributed by atoms with Crippen molar-refractivity contribution in [2.75, 3.05) is 12.4 Å². The molecule has 0 saturated heterocycles. The molecule has 0 radical (unpaired) electrons. The van der Waals surface area contributed by atoms with Gasteiger partial charge < -0.3 is 14.6 Å². The molecule has 1 atom stereocenters. The number of carbonyl (C=O) groups excluding carboxylic acids is 1. The molecule has 140 valence electrons. The maximum atomic E-state index is 12.5. The van der Waals surface area contributed by atoms with E-state index >= 15 is 0 Å². The van der Waals surface area contributed by atoms with Gasteiger partial charge in [0.15, 0.2) is 0 Å². The van der Waals surface area contributed by atoms with Crippen LogP contribution in [-0.2, 0) is 6.42 Å². The molecule has 0 saturated carbocycles. The minimum absolute atomic E-state index is 0.0138. The molecule has 0 aliphatic heterocycles. The summed E-state index contributed by atoms with van der Waals surface area (Å²) in [6, 6.07) is 11.1. The maximum Gasteiger partial charge on any atom is 0.321 e.